The fraction of sp³-hybridized carbons (Fsp3) is 0.188. The van der Waals surface area contributed by atoms with Crippen LogP contribution < -0.4 is 10.5 Å². The van der Waals surface area contributed by atoms with Crippen LogP contribution in [0.5, 0.6) is 5.75 Å². The highest BCUT2D eigenvalue weighted by atomic mass is 16.5. The molecule has 0 bridgehead atoms. The van der Waals surface area contributed by atoms with Crippen LogP contribution in [0.15, 0.2) is 42.5 Å². The summed E-state index contributed by atoms with van der Waals surface area (Å²) in [6.07, 6.45) is 0. The molecule has 0 aliphatic carbocycles. The molecule has 0 spiro atoms. The number of ether oxygens (including phenoxy) is 1. The lowest BCUT2D eigenvalue weighted by molar-refractivity contribution is 0.306. The average molecular weight is 254 g/mol. The van der Waals surface area contributed by atoms with Crippen molar-refractivity contribution in [3.8, 4) is 5.75 Å². The Bertz CT molecular complexity index is 605. The van der Waals surface area contributed by atoms with E-state index in [1.54, 1.807) is 12.1 Å². The van der Waals surface area contributed by atoms with Gasteiger partial charge in [0.05, 0.1) is 0 Å². The van der Waals surface area contributed by atoms with Crippen molar-refractivity contribution in [2.75, 3.05) is 0 Å². The van der Waals surface area contributed by atoms with Crippen LogP contribution in [-0.4, -0.2) is 5.84 Å². The maximum Gasteiger partial charge on any atom is 0.122 e. The zero-order valence-electron chi connectivity index (χ0n) is 11.2. The van der Waals surface area contributed by atoms with E-state index in [0.717, 1.165) is 11.3 Å². The van der Waals surface area contributed by atoms with Gasteiger partial charge in [0.2, 0.25) is 0 Å². The second-order valence-corrected chi connectivity index (χ2v) is 4.65. The van der Waals surface area contributed by atoms with Gasteiger partial charge in [0.15, 0.2) is 0 Å². The molecule has 0 aromatic heterocycles. The second kappa shape index (κ2) is 5.57. The van der Waals surface area contributed by atoms with E-state index in [2.05, 4.69) is 32.0 Å². The zero-order valence-corrected chi connectivity index (χ0v) is 11.2. The number of nitrogen functional groups attached to an aromatic ring is 1. The summed E-state index contributed by atoms with van der Waals surface area (Å²) < 4.78 is 5.73. The molecule has 0 saturated heterocycles. The Labute approximate surface area is 113 Å². The summed E-state index contributed by atoms with van der Waals surface area (Å²) in [6, 6.07) is 13.6. The van der Waals surface area contributed by atoms with E-state index in [1.807, 2.05) is 12.1 Å². The monoisotopic (exact) mass is 254 g/mol. The van der Waals surface area contributed by atoms with E-state index in [0.29, 0.717) is 12.2 Å². The smallest absolute Gasteiger partial charge is 0.122 e. The molecule has 0 heterocycles. The number of aryl methyl sites for hydroxylation is 2. The molecule has 0 atom stereocenters. The molecular formula is C16H18N2O. The molecule has 0 radical (unpaired) electrons. The summed E-state index contributed by atoms with van der Waals surface area (Å²) in [5.41, 5.74) is 9.81. The van der Waals surface area contributed by atoms with Crippen molar-refractivity contribution in [1.29, 1.82) is 5.41 Å². The van der Waals surface area contributed by atoms with Crippen molar-refractivity contribution in [1.82, 2.24) is 0 Å². The van der Waals surface area contributed by atoms with Crippen molar-refractivity contribution in [2.24, 2.45) is 5.73 Å². The van der Waals surface area contributed by atoms with E-state index in [1.165, 1.54) is 11.1 Å². The van der Waals surface area contributed by atoms with Crippen LogP contribution in [0.25, 0.3) is 0 Å². The SMILES string of the molecule is Cc1ccc(COc2cccc(C(=N)N)c2)cc1C. The molecular weight excluding hydrogens is 236 g/mol. The molecule has 0 amide bonds. The molecule has 3 N–H and O–H groups in total. The van der Waals surface area contributed by atoms with Gasteiger partial charge in [0.1, 0.15) is 18.2 Å². The Morgan fingerprint density at radius 2 is 1.89 bits per heavy atom. The second-order valence-electron chi connectivity index (χ2n) is 4.65. The molecule has 0 unspecified atom stereocenters. The summed E-state index contributed by atoms with van der Waals surface area (Å²) in [4.78, 5) is 0. The highest BCUT2D eigenvalue weighted by Gasteiger charge is 2.01. The Kier molecular flexibility index (Phi) is 3.85. The first-order valence-electron chi connectivity index (χ1n) is 6.19. The van der Waals surface area contributed by atoms with Gasteiger partial charge >= 0.3 is 0 Å². The lowest BCUT2D eigenvalue weighted by Gasteiger charge is -2.09. The molecule has 0 aliphatic heterocycles. The number of benzene rings is 2. The summed E-state index contributed by atoms with van der Waals surface area (Å²) in [7, 11) is 0. The number of nitrogens with two attached hydrogens (primary N) is 1. The molecule has 3 heteroatoms. The van der Waals surface area contributed by atoms with Gasteiger partial charge in [0.25, 0.3) is 0 Å². The Hall–Kier alpha value is -2.29. The van der Waals surface area contributed by atoms with Crippen molar-refractivity contribution in [3.05, 3.63) is 64.7 Å². The minimum absolute atomic E-state index is 0.0524. The van der Waals surface area contributed by atoms with Gasteiger partial charge in [0, 0.05) is 5.56 Å². The van der Waals surface area contributed by atoms with E-state index in [-0.39, 0.29) is 5.84 Å². The summed E-state index contributed by atoms with van der Waals surface area (Å²) in [5.74, 6) is 0.780. The quantitative estimate of drug-likeness (QED) is 0.650. The van der Waals surface area contributed by atoms with Gasteiger partial charge in [-0.25, -0.2) is 0 Å². The molecule has 0 saturated carbocycles. The van der Waals surface area contributed by atoms with Crippen LogP contribution in [0, 0.1) is 19.3 Å². The minimum Gasteiger partial charge on any atom is -0.489 e. The van der Waals surface area contributed by atoms with Crippen molar-refractivity contribution in [2.45, 2.75) is 20.5 Å². The summed E-state index contributed by atoms with van der Waals surface area (Å²) in [6.45, 7) is 4.70. The van der Waals surface area contributed by atoms with E-state index in [4.69, 9.17) is 15.9 Å². The van der Waals surface area contributed by atoms with Crippen LogP contribution in [0.3, 0.4) is 0 Å². The lowest BCUT2D eigenvalue weighted by Crippen LogP contribution is -2.10. The van der Waals surface area contributed by atoms with Crippen molar-refractivity contribution in [3.63, 3.8) is 0 Å². The third kappa shape index (κ3) is 3.35. The number of hydrogen-bond acceptors (Lipinski definition) is 2. The first-order chi connectivity index (χ1) is 9.06. The number of hydrogen-bond donors (Lipinski definition) is 2. The molecule has 19 heavy (non-hydrogen) atoms. The van der Waals surface area contributed by atoms with Crippen LogP contribution in [0.4, 0.5) is 0 Å². The Morgan fingerprint density at radius 1 is 1.11 bits per heavy atom. The average Bonchev–Trinajstić information content (AvgIpc) is 2.40. The minimum atomic E-state index is 0.0524. The molecule has 0 fully saturated rings. The number of nitrogens with one attached hydrogen (secondary N) is 1. The van der Waals surface area contributed by atoms with E-state index < -0.39 is 0 Å². The predicted molar refractivity (Wildman–Crippen MR) is 77.7 cm³/mol. The van der Waals surface area contributed by atoms with Crippen molar-refractivity contribution >= 4 is 5.84 Å². The Morgan fingerprint density at radius 3 is 2.58 bits per heavy atom. The predicted octanol–water partition coefficient (Wildman–Crippen LogP) is 3.17. The van der Waals surface area contributed by atoms with Gasteiger partial charge in [-0.2, -0.15) is 0 Å². The van der Waals surface area contributed by atoms with E-state index in [9.17, 15) is 0 Å². The lowest BCUT2D eigenvalue weighted by atomic mass is 10.1. The maximum absolute atomic E-state index is 7.40. The van der Waals surface area contributed by atoms with Crippen molar-refractivity contribution < 1.29 is 4.74 Å². The molecule has 0 aliphatic rings. The van der Waals surface area contributed by atoms with Crippen LogP contribution in [-0.2, 0) is 6.61 Å². The normalized spacial score (nSPS) is 10.2. The van der Waals surface area contributed by atoms with Gasteiger partial charge in [-0.05, 0) is 42.7 Å². The first-order valence-corrected chi connectivity index (χ1v) is 6.19. The Balaban J connectivity index is 2.07. The molecule has 98 valence electrons. The highest BCUT2D eigenvalue weighted by Crippen LogP contribution is 2.16. The van der Waals surface area contributed by atoms with E-state index >= 15 is 0 Å². The summed E-state index contributed by atoms with van der Waals surface area (Å²) >= 11 is 0. The van der Waals surface area contributed by atoms with Gasteiger partial charge in [-0.3, -0.25) is 5.41 Å². The summed E-state index contributed by atoms with van der Waals surface area (Å²) in [5, 5.41) is 7.40. The molecule has 2 aromatic carbocycles. The number of amidine groups is 1. The zero-order chi connectivity index (χ0) is 13.8. The van der Waals surface area contributed by atoms with Gasteiger partial charge in [-0.15, -0.1) is 0 Å². The van der Waals surface area contributed by atoms with Crippen LogP contribution in [0.1, 0.15) is 22.3 Å². The third-order valence-electron chi connectivity index (χ3n) is 3.12. The highest BCUT2D eigenvalue weighted by molar-refractivity contribution is 5.95. The third-order valence-corrected chi connectivity index (χ3v) is 3.12. The maximum atomic E-state index is 7.40. The standard InChI is InChI=1S/C16H18N2O/c1-11-6-7-13(8-12(11)2)10-19-15-5-3-4-14(9-15)16(17)18/h3-9H,10H2,1-2H3,(H3,17,18). The number of rotatable bonds is 4. The fourth-order valence-electron chi connectivity index (χ4n) is 1.81. The first kappa shape index (κ1) is 13.1. The fourth-order valence-corrected chi connectivity index (χ4v) is 1.81. The van der Waals surface area contributed by atoms with Gasteiger partial charge < -0.3 is 10.5 Å². The van der Waals surface area contributed by atoms with Crippen LogP contribution in [0.2, 0.25) is 0 Å². The van der Waals surface area contributed by atoms with Crippen LogP contribution >= 0.6 is 0 Å². The van der Waals surface area contributed by atoms with Gasteiger partial charge in [-0.1, -0.05) is 30.3 Å². The molecule has 3 nitrogen and oxygen atoms in total. The molecule has 2 aromatic rings. The molecule has 2 rings (SSSR count). The topological polar surface area (TPSA) is 59.1 Å². The largest absolute Gasteiger partial charge is 0.489 e.